The molecule has 1 aromatic rings. The van der Waals surface area contributed by atoms with Crippen LogP contribution in [-0.4, -0.2) is 24.5 Å². The van der Waals surface area contributed by atoms with E-state index in [0.717, 1.165) is 30.0 Å². The molecule has 0 amide bonds. The van der Waals surface area contributed by atoms with Crippen molar-refractivity contribution >= 4 is 11.8 Å². The third kappa shape index (κ3) is 3.25. The molecular formula is C14H20FNOS. The van der Waals surface area contributed by atoms with Crippen LogP contribution < -0.4 is 5.32 Å². The van der Waals surface area contributed by atoms with E-state index in [1.54, 1.807) is 17.8 Å². The molecular weight excluding hydrogens is 249 g/mol. The van der Waals surface area contributed by atoms with Gasteiger partial charge < -0.3 is 10.1 Å². The van der Waals surface area contributed by atoms with Crippen LogP contribution in [-0.2, 0) is 11.3 Å². The molecule has 1 saturated heterocycles. The number of rotatable bonds is 5. The highest BCUT2D eigenvalue weighted by molar-refractivity contribution is 8.00. The van der Waals surface area contributed by atoms with Crippen molar-refractivity contribution in [2.45, 2.75) is 43.1 Å². The Morgan fingerprint density at radius 1 is 1.50 bits per heavy atom. The van der Waals surface area contributed by atoms with Gasteiger partial charge in [0, 0.05) is 28.9 Å². The van der Waals surface area contributed by atoms with Gasteiger partial charge in [0.25, 0.3) is 0 Å². The maximum Gasteiger partial charge on any atom is 0.128 e. The summed E-state index contributed by atoms with van der Waals surface area (Å²) >= 11 is 1.75. The van der Waals surface area contributed by atoms with Crippen LogP contribution >= 0.6 is 11.8 Å². The summed E-state index contributed by atoms with van der Waals surface area (Å²) in [6.07, 6.45) is 1.30. The number of ether oxygens (including phenoxy) is 1. The number of nitrogens with one attached hydrogen (secondary N) is 1. The van der Waals surface area contributed by atoms with Gasteiger partial charge in [-0.1, -0.05) is 13.0 Å². The van der Waals surface area contributed by atoms with E-state index in [-0.39, 0.29) is 11.9 Å². The molecule has 2 nitrogen and oxygen atoms in total. The van der Waals surface area contributed by atoms with E-state index < -0.39 is 0 Å². The first-order valence-electron chi connectivity index (χ1n) is 6.48. The molecule has 0 spiro atoms. The van der Waals surface area contributed by atoms with E-state index in [4.69, 9.17) is 4.74 Å². The van der Waals surface area contributed by atoms with Crippen LogP contribution in [0.3, 0.4) is 0 Å². The van der Waals surface area contributed by atoms with Gasteiger partial charge in [0.2, 0.25) is 0 Å². The fourth-order valence-electron chi connectivity index (χ4n) is 2.10. The molecule has 1 N–H and O–H groups in total. The quantitative estimate of drug-likeness (QED) is 0.887. The molecule has 1 aromatic carbocycles. The Morgan fingerprint density at radius 3 is 3.00 bits per heavy atom. The molecule has 1 heterocycles. The highest BCUT2D eigenvalue weighted by Gasteiger charge is 2.26. The van der Waals surface area contributed by atoms with Crippen molar-refractivity contribution in [2.24, 2.45) is 0 Å². The standard InChI is InChI=1S/C14H20FNOS/c1-3-16-9-11-12(15)5-4-6-14(11)18-13-7-8-17-10(13)2/h4-6,10,13,16H,3,7-9H2,1-2H3. The topological polar surface area (TPSA) is 21.3 Å². The SMILES string of the molecule is CCNCc1c(F)cccc1SC1CCOC1C. The molecule has 1 fully saturated rings. The molecule has 1 aliphatic rings. The van der Waals surface area contributed by atoms with Gasteiger partial charge in [-0.2, -0.15) is 0 Å². The van der Waals surface area contributed by atoms with Gasteiger partial charge in [0.05, 0.1) is 6.10 Å². The van der Waals surface area contributed by atoms with Gasteiger partial charge in [-0.15, -0.1) is 11.8 Å². The Morgan fingerprint density at radius 2 is 2.33 bits per heavy atom. The van der Waals surface area contributed by atoms with Crippen LogP contribution in [0.1, 0.15) is 25.8 Å². The second-order valence-corrected chi connectivity index (χ2v) is 5.80. The van der Waals surface area contributed by atoms with Crippen molar-refractivity contribution in [3.05, 3.63) is 29.6 Å². The number of halogens is 1. The minimum absolute atomic E-state index is 0.118. The van der Waals surface area contributed by atoms with Crippen molar-refractivity contribution in [3.63, 3.8) is 0 Å². The first-order chi connectivity index (χ1) is 8.72. The molecule has 4 heteroatoms. The molecule has 2 unspecified atom stereocenters. The van der Waals surface area contributed by atoms with Gasteiger partial charge in [0.15, 0.2) is 0 Å². The van der Waals surface area contributed by atoms with Crippen LogP contribution in [0, 0.1) is 5.82 Å². The average Bonchev–Trinajstić information content (AvgIpc) is 2.74. The summed E-state index contributed by atoms with van der Waals surface area (Å²) in [4.78, 5) is 1.04. The summed E-state index contributed by atoms with van der Waals surface area (Å²) in [5.74, 6) is -0.118. The lowest BCUT2D eigenvalue weighted by Crippen LogP contribution is -2.16. The molecule has 2 atom stereocenters. The fourth-order valence-corrected chi connectivity index (χ4v) is 3.38. The van der Waals surface area contributed by atoms with Gasteiger partial charge in [0.1, 0.15) is 5.82 Å². The van der Waals surface area contributed by atoms with E-state index >= 15 is 0 Å². The van der Waals surface area contributed by atoms with E-state index in [1.807, 2.05) is 13.0 Å². The minimum Gasteiger partial charge on any atom is -0.377 e. The van der Waals surface area contributed by atoms with Crippen molar-refractivity contribution in [3.8, 4) is 0 Å². The van der Waals surface area contributed by atoms with Crippen molar-refractivity contribution in [2.75, 3.05) is 13.2 Å². The lowest BCUT2D eigenvalue weighted by Gasteiger charge is -2.16. The van der Waals surface area contributed by atoms with Crippen LogP contribution in [0.2, 0.25) is 0 Å². The number of thioether (sulfide) groups is 1. The molecule has 0 aromatic heterocycles. The third-order valence-electron chi connectivity index (χ3n) is 3.21. The Bertz CT molecular complexity index is 399. The number of hydrogen-bond donors (Lipinski definition) is 1. The molecule has 0 saturated carbocycles. The maximum atomic E-state index is 13.9. The first-order valence-corrected chi connectivity index (χ1v) is 7.36. The zero-order chi connectivity index (χ0) is 13.0. The summed E-state index contributed by atoms with van der Waals surface area (Å²) in [5.41, 5.74) is 0.781. The smallest absolute Gasteiger partial charge is 0.128 e. The molecule has 18 heavy (non-hydrogen) atoms. The Kier molecular flexibility index (Phi) is 5.03. The third-order valence-corrected chi connectivity index (χ3v) is 4.77. The highest BCUT2D eigenvalue weighted by Crippen LogP contribution is 2.35. The normalized spacial score (nSPS) is 23.5. The molecule has 0 bridgehead atoms. The van der Waals surface area contributed by atoms with Crippen LogP contribution in [0.5, 0.6) is 0 Å². The van der Waals surface area contributed by atoms with Crippen LogP contribution in [0.15, 0.2) is 23.1 Å². The predicted molar refractivity (Wildman–Crippen MR) is 73.5 cm³/mol. The molecule has 1 aliphatic heterocycles. The van der Waals surface area contributed by atoms with Gasteiger partial charge in [-0.3, -0.25) is 0 Å². The van der Waals surface area contributed by atoms with Crippen molar-refractivity contribution in [1.82, 2.24) is 5.32 Å². The predicted octanol–water partition coefficient (Wildman–Crippen LogP) is 3.20. The zero-order valence-corrected chi connectivity index (χ0v) is 11.7. The monoisotopic (exact) mass is 269 g/mol. The fraction of sp³-hybridized carbons (Fsp3) is 0.571. The van der Waals surface area contributed by atoms with Crippen LogP contribution in [0.25, 0.3) is 0 Å². The summed E-state index contributed by atoms with van der Waals surface area (Å²) in [7, 11) is 0. The summed E-state index contributed by atoms with van der Waals surface area (Å²) in [5, 5.41) is 3.63. The lowest BCUT2D eigenvalue weighted by atomic mass is 10.2. The van der Waals surface area contributed by atoms with E-state index in [2.05, 4.69) is 12.2 Å². The van der Waals surface area contributed by atoms with E-state index in [1.165, 1.54) is 6.07 Å². The summed E-state index contributed by atoms with van der Waals surface area (Å²) in [6, 6.07) is 5.32. The summed E-state index contributed by atoms with van der Waals surface area (Å²) < 4.78 is 19.4. The lowest BCUT2D eigenvalue weighted by molar-refractivity contribution is 0.127. The van der Waals surface area contributed by atoms with Gasteiger partial charge >= 0.3 is 0 Å². The molecule has 100 valence electrons. The average molecular weight is 269 g/mol. The van der Waals surface area contributed by atoms with Crippen molar-refractivity contribution < 1.29 is 9.13 Å². The molecule has 0 radical (unpaired) electrons. The zero-order valence-electron chi connectivity index (χ0n) is 10.9. The largest absolute Gasteiger partial charge is 0.377 e. The Labute approximate surface area is 112 Å². The molecule has 2 rings (SSSR count). The van der Waals surface area contributed by atoms with E-state index in [9.17, 15) is 4.39 Å². The minimum atomic E-state index is -0.118. The summed E-state index contributed by atoms with van der Waals surface area (Å²) in [6.45, 7) is 6.38. The van der Waals surface area contributed by atoms with E-state index in [0.29, 0.717) is 11.8 Å². The van der Waals surface area contributed by atoms with Gasteiger partial charge in [-0.05, 0) is 32.0 Å². The first kappa shape index (κ1) is 13.8. The maximum absolute atomic E-state index is 13.9. The van der Waals surface area contributed by atoms with Crippen LogP contribution in [0.4, 0.5) is 4.39 Å². The molecule has 0 aliphatic carbocycles. The van der Waals surface area contributed by atoms with Crippen molar-refractivity contribution in [1.29, 1.82) is 0 Å². The second kappa shape index (κ2) is 6.55. The number of hydrogen-bond acceptors (Lipinski definition) is 3. The Balaban J connectivity index is 2.13. The second-order valence-electron chi connectivity index (χ2n) is 4.52. The number of benzene rings is 1. The van der Waals surface area contributed by atoms with Gasteiger partial charge in [-0.25, -0.2) is 4.39 Å². The highest BCUT2D eigenvalue weighted by atomic mass is 32.2. The Hall–Kier alpha value is -0.580.